The van der Waals surface area contributed by atoms with Gasteiger partial charge in [-0.1, -0.05) is 37.2 Å². The molecular weight excluding hydrogens is 1030 g/mol. The zero-order valence-corrected chi connectivity index (χ0v) is 52.2. The largest absolute Gasteiger partial charge is 1.00 e. The van der Waals surface area contributed by atoms with Crippen LogP contribution in [0.3, 0.4) is 0 Å². The fourth-order valence-electron chi connectivity index (χ4n) is 17.8. The fourth-order valence-corrected chi connectivity index (χ4v) is 18.0. The molecule has 0 spiro atoms. The number of fused-ring (bicyclic) bond motifs is 10. The van der Waals surface area contributed by atoms with Gasteiger partial charge in [-0.15, -0.1) is 0 Å². The van der Waals surface area contributed by atoms with Crippen molar-refractivity contribution in [1.82, 2.24) is 5.06 Å². The maximum absolute atomic E-state index is 13.7. The van der Waals surface area contributed by atoms with Crippen LogP contribution in [0.25, 0.3) is 0 Å². The number of aryl methyl sites for hydroxylation is 2. The molecule has 11 rings (SSSR count). The van der Waals surface area contributed by atoms with E-state index >= 15 is 0 Å². The SMILES string of the molecule is C.C1CCOC1.CON(C)C(=O)[C@H]1CC[C@H]2[C@@H]3CC[C@@H]4C[C@](C)(O)CC[C@@H]4[C@H]3CC[C@]12C.COc1ccc(Br)c(C)c1.COc1ccc(C(=O)[C@H]2CC[C@H]3[C@@H]4CC[C@@H]5C[C@](C)(O)CC[C@@H]5[C@H]4CC[C@]23C)c(C)c1.C[C-](C)C.[Li+]. The van der Waals surface area contributed by atoms with E-state index in [1.54, 1.807) is 28.4 Å². The molecule has 436 valence electrons. The molecule has 8 saturated carbocycles. The van der Waals surface area contributed by atoms with Gasteiger partial charge < -0.3 is 30.3 Å². The summed E-state index contributed by atoms with van der Waals surface area (Å²) in [4.78, 5) is 31.8. The second-order valence-electron chi connectivity index (χ2n) is 27.2. The minimum atomic E-state index is -0.446. The summed E-state index contributed by atoms with van der Waals surface area (Å²) in [5, 5.41) is 22.6. The minimum Gasteiger partial charge on any atom is -0.497 e. The molecule has 2 aromatic carbocycles. The standard InChI is InChI=1S/C28H40O3.C22H37NO3.C8H9BrO.C4H8O.C4H9.CH4.Li/c1-17-15-19(31-4)6-8-20(17)26(29)25-10-9-24-23-7-5-18-16-27(2,30)13-11-21(18)22(23)12-14-28(24,25)3;1-21(25)11-9-15-14(13-21)5-6-17-16(15)10-12-22(2)18(17)7-8-19(22)20(24)23(3)26-4;1-6-5-7(10-2)3-4-8(6)9;1-2-4-5-3-1;1-4(2)3;;/h6,8,15,18,21-25,30H,5,7,9-14,16H2,1-4H3;14-19,25H,5-13H2,1-4H3;3-5H,1-2H3;1-4H2;1-3H3;1H4;/q;;;;-1;;+1/t18-,21+,22-,23-,24+,25-,27-,28+;14-,15+,16-,17-,18+,19-,21-,22+;;;;;/m11...../s1. The van der Waals surface area contributed by atoms with E-state index in [1.807, 2.05) is 64.1 Å². The molecule has 2 aromatic rings. The van der Waals surface area contributed by atoms with Crippen LogP contribution in [-0.2, 0) is 14.4 Å². The molecule has 9 fully saturated rings. The van der Waals surface area contributed by atoms with Gasteiger partial charge in [-0.3, -0.25) is 14.4 Å². The third-order valence-electron chi connectivity index (χ3n) is 21.6. The van der Waals surface area contributed by atoms with Gasteiger partial charge in [0.15, 0.2) is 5.78 Å². The molecule has 1 aliphatic heterocycles. The summed E-state index contributed by atoms with van der Waals surface area (Å²) >= 11 is 3.40. The normalized spacial score (nSPS) is 37.6. The first-order chi connectivity index (χ1) is 36.0. The summed E-state index contributed by atoms with van der Waals surface area (Å²) < 4.78 is 16.4. The van der Waals surface area contributed by atoms with E-state index in [4.69, 9.17) is 19.0 Å². The van der Waals surface area contributed by atoms with Crippen LogP contribution in [-0.4, -0.2) is 79.8 Å². The van der Waals surface area contributed by atoms with Crippen LogP contribution in [0.2, 0.25) is 0 Å². The number of hydrogen-bond acceptors (Lipinski definition) is 8. The van der Waals surface area contributed by atoms with Crippen LogP contribution < -0.4 is 28.3 Å². The van der Waals surface area contributed by atoms with E-state index in [0.29, 0.717) is 17.6 Å². The number of nitrogens with zero attached hydrogens (tertiary/aromatic N) is 1. The summed E-state index contributed by atoms with van der Waals surface area (Å²) in [5.74, 6) is 11.7. The number of hydroxylamine groups is 2. The zero-order chi connectivity index (χ0) is 55.3. The average molecular weight is 1140 g/mol. The molecule has 1 saturated heterocycles. The number of ketones is 1. The van der Waals surface area contributed by atoms with Gasteiger partial charge in [-0.25, -0.2) is 5.06 Å². The van der Waals surface area contributed by atoms with Crippen molar-refractivity contribution >= 4 is 27.6 Å². The zero-order valence-electron chi connectivity index (χ0n) is 50.6. The van der Waals surface area contributed by atoms with E-state index in [0.717, 1.165) is 126 Å². The van der Waals surface area contributed by atoms with Crippen molar-refractivity contribution in [2.24, 2.45) is 81.8 Å². The number of carbonyl (C=O) groups is 2. The Morgan fingerprint density at radius 3 is 1.47 bits per heavy atom. The number of halogens is 1. The number of carbonyl (C=O) groups excluding carboxylic acids is 2. The molecule has 0 radical (unpaired) electrons. The van der Waals surface area contributed by atoms with Crippen LogP contribution in [0.4, 0.5) is 0 Å². The topological polar surface area (TPSA) is 115 Å². The van der Waals surface area contributed by atoms with Crippen LogP contribution in [0.5, 0.6) is 11.5 Å². The van der Waals surface area contributed by atoms with Crippen molar-refractivity contribution in [3.05, 3.63) is 63.5 Å². The Hall–Kier alpha value is -1.90. The number of amides is 1. The molecule has 8 aliphatic carbocycles. The maximum atomic E-state index is 13.7. The summed E-state index contributed by atoms with van der Waals surface area (Å²) in [6.07, 6.45) is 23.6. The van der Waals surface area contributed by atoms with Gasteiger partial charge in [0.2, 0.25) is 5.91 Å². The van der Waals surface area contributed by atoms with Gasteiger partial charge in [0.1, 0.15) is 11.5 Å². The second kappa shape index (κ2) is 28.6. The molecule has 9 nitrogen and oxygen atoms in total. The summed E-state index contributed by atoms with van der Waals surface area (Å²) in [7, 11) is 6.69. The van der Waals surface area contributed by atoms with Crippen LogP contribution in [0.1, 0.15) is 206 Å². The first kappa shape index (κ1) is 66.9. The Morgan fingerprint density at radius 2 is 1.05 bits per heavy atom. The predicted octanol–water partition coefficient (Wildman–Crippen LogP) is 13.1. The van der Waals surface area contributed by atoms with Gasteiger partial charge >= 0.3 is 18.9 Å². The van der Waals surface area contributed by atoms with Crippen molar-refractivity contribution in [2.75, 3.05) is 41.6 Å². The van der Waals surface area contributed by atoms with Gasteiger partial charge in [0.05, 0.1) is 32.5 Å². The first-order valence-electron chi connectivity index (χ1n) is 30.1. The van der Waals surface area contributed by atoms with Gasteiger partial charge in [0.25, 0.3) is 0 Å². The van der Waals surface area contributed by atoms with Crippen molar-refractivity contribution < 1.29 is 57.7 Å². The average Bonchev–Trinajstić information content (AvgIpc) is 4.27. The molecule has 9 aliphatic rings. The molecular formula is C67H107BrLiNO8. The summed E-state index contributed by atoms with van der Waals surface area (Å²) in [6.45, 7) is 21.2. The molecule has 16 atom stereocenters. The predicted molar refractivity (Wildman–Crippen MR) is 317 cm³/mol. The Labute approximate surface area is 495 Å². The molecule has 1 heterocycles. The summed E-state index contributed by atoms with van der Waals surface area (Å²) in [5.41, 5.74) is 2.55. The Morgan fingerprint density at radius 1 is 0.615 bits per heavy atom. The van der Waals surface area contributed by atoms with Crippen LogP contribution in [0, 0.1) is 102 Å². The van der Waals surface area contributed by atoms with E-state index in [9.17, 15) is 19.8 Å². The summed E-state index contributed by atoms with van der Waals surface area (Å²) in [6, 6.07) is 11.8. The molecule has 1 amide bonds. The van der Waals surface area contributed by atoms with Gasteiger partial charge in [-0.05, 0) is 274 Å². The van der Waals surface area contributed by atoms with Crippen molar-refractivity contribution in [2.45, 2.75) is 209 Å². The molecule has 0 aromatic heterocycles. The number of hydrogen-bond donors (Lipinski definition) is 2. The third-order valence-corrected chi connectivity index (χ3v) is 22.5. The van der Waals surface area contributed by atoms with Gasteiger partial charge in [-0.2, -0.15) is 20.8 Å². The van der Waals surface area contributed by atoms with Crippen molar-refractivity contribution in [3.63, 3.8) is 0 Å². The van der Waals surface area contributed by atoms with E-state index in [2.05, 4.69) is 50.5 Å². The van der Waals surface area contributed by atoms with Crippen LogP contribution >= 0.6 is 15.9 Å². The number of rotatable bonds is 6. The molecule has 0 bridgehead atoms. The number of ether oxygens (including phenoxy) is 3. The van der Waals surface area contributed by atoms with Crippen LogP contribution in [0.15, 0.2) is 40.9 Å². The van der Waals surface area contributed by atoms with Crippen molar-refractivity contribution in [3.8, 4) is 11.5 Å². The fraction of sp³-hybridized carbons (Fsp3) is 0.776. The number of methoxy groups -OCH3 is 2. The number of benzene rings is 2. The molecule has 78 heavy (non-hydrogen) atoms. The van der Waals surface area contributed by atoms with E-state index in [1.165, 1.54) is 106 Å². The molecule has 0 unspecified atom stereocenters. The Bertz CT molecular complexity index is 2220. The maximum Gasteiger partial charge on any atom is 1.00 e. The third kappa shape index (κ3) is 15.3. The number of aliphatic hydroxyl groups is 2. The monoisotopic (exact) mass is 1140 g/mol. The first-order valence-corrected chi connectivity index (χ1v) is 30.9. The van der Waals surface area contributed by atoms with E-state index in [-0.39, 0.29) is 54.9 Å². The van der Waals surface area contributed by atoms with Crippen molar-refractivity contribution in [1.29, 1.82) is 0 Å². The molecule has 2 N–H and O–H groups in total. The quantitative estimate of drug-likeness (QED) is 0.127. The smallest absolute Gasteiger partial charge is 0.497 e. The minimum absolute atomic E-state index is 0. The second-order valence-corrected chi connectivity index (χ2v) is 28.1. The van der Waals surface area contributed by atoms with E-state index < -0.39 is 11.2 Å². The number of Topliss-reactive ketones (excluding diaryl/α,β-unsaturated/α-hetero) is 1. The Kier molecular flexibility index (Phi) is 24.5. The Balaban J connectivity index is 0.000000213. The molecule has 11 heteroatoms. The van der Waals surface area contributed by atoms with Gasteiger partial charge in [0, 0.05) is 42.1 Å².